The normalized spacial score (nSPS) is 18.8. The minimum Gasteiger partial charge on any atom is -0.444 e. The zero-order valence-electron chi connectivity index (χ0n) is 51.6. The molecule has 0 aliphatic carbocycles. The fourth-order valence-electron chi connectivity index (χ4n) is 11.4. The number of anilines is 2. The zero-order chi connectivity index (χ0) is 64.3. The third kappa shape index (κ3) is 16.5. The molecule has 0 unspecified atom stereocenters. The lowest BCUT2D eigenvalue weighted by atomic mass is 9.99. The van der Waals surface area contributed by atoms with Crippen LogP contribution in [0, 0.1) is 11.6 Å². The highest BCUT2D eigenvalue weighted by Crippen LogP contribution is 2.34. The van der Waals surface area contributed by atoms with Crippen LogP contribution in [0.15, 0.2) is 188 Å². The fraction of sp³-hybridized carbons (Fsp3) is 0.300. The van der Waals surface area contributed by atoms with Crippen molar-refractivity contribution in [3.05, 3.63) is 217 Å². The third-order valence-electron chi connectivity index (χ3n) is 15.3. The summed E-state index contributed by atoms with van der Waals surface area (Å²) in [4.78, 5) is 65.8. The van der Waals surface area contributed by atoms with Crippen LogP contribution in [0.4, 0.5) is 29.7 Å². The van der Waals surface area contributed by atoms with Crippen molar-refractivity contribution >= 4 is 63.1 Å². The summed E-state index contributed by atoms with van der Waals surface area (Å²) in [6.45, 7) is 10.9. The molecule has 5 amide bonds. The van der Waals surface area contributed by atoms with E-state index in [1.54, 1.807) is 50.9 Å². The van der Waals surface area contributed by atoms with Crippen molar-refractivity contribution in [3.63, 3.8) is 0 Å². The monoisotopic (exact) mass is 1220 g/mol. The van der Waals surface area contributed by atoms with E-state index in [0.717, 1.165) is 61.2 Å². The number of nitrogens with two attached hydrogens (primary N) is 2. The second-order valence-corrected chi connectivity index (χ2v) is 24.2. The Morgan fingerprint density at radius 1 is 0.522 bits per heavy atom. The Labute approximate surface area is 522 Å². The smallest absolute Gasteiger partial charge is 0.407 e. The maximum atomic E-state index is 13.4. The molecule has 0 radical (unpaired) electrons. The van der Waals surface area contributed by atoms with Gasteiger partial charge in [0.1, 0.15) is 22.8 Å². The van der Waals surface area contributed by atoms with Crippen molar-refractivity contribution in [1.82, 2.24) is 35.5 Å². The van der Waals surface area contributed by atoms with Gasteiger partial charge in [-0.15, -0.1) is 0 Å². The van der Waals surface area contributed by atoms with Gasteiger partial charge in [0, 0.05) is 47.5 Å². The summed E-state index contributed by atoms with van der Waals surface area (Å²) in [6.07, 6.45) is 5.22. The van der Waals surface area contributed by atoms with E-state index in [0.29, 0.717) is 25.7 Å². The molecule has 12 rings (SSSR count). The zero-order valence-corrected chi connectivity index (χ0v) is 51.6. The van der Waals surface area contributed by atoms with Crippen LogP contribution in [0.2, 0.25) is 0 Å². The summed E-state index contributed by atoms with van der Waals surface area (Å²) >= 11 is 0. The molecule has 3 saturated heterocycles. The van der Waals surface area contributed by atoms with Gasteiger partial charge in [0.15, 0.2) is 0 Å². The number of halogens is 2. The van der Waals surface area contributed by atoms with Gasteiger partial charge in [-0.05, 0) is 169 Å². The topological polar surface area (TPSA) is 234 Å². The summed E-state index contributed by atoms with van der Waals surface area (Å²) in [7, 11) is 1.50. The maximum Gasteiger partial charge on any atom is 0.407 e. The molecule has 3 fully saturated rings. The maximum absolute atomic E-state index is 13.4. The van der Waals surface area contributed by atoms with Crippen LogP contribution in [-0.2, 0) is 43.1 Å². The quantitative estimate of drug-likeness (QED) is 0.0772. The Balaban J connectivity index is 0.000000164. The number of nitrogens with zero attached hydrogens (tertiary/aromatic N) is 6. The summed E-state index contributed by atoms with van der Waals surface area (Å²) in [5, 5.41) is 19.3. The number of fused-ring (bicyclic) bond motifs is 2. The van der Waals surface area contributed by atoms with Gasteiger partial charge in [0.25, 0.3) is 0 Å². The summed E-state index contributed by atoms with van der Waals surface area (Å²) in [6, 6.07) is 52.4. The number of ether oxygens (including phenoxy) is 2. The first-order chi connectivity index (χ1) is 43.1. The van der Waals surface area contributed by atoms with Crippen molar-refractivity contribution in [2.24, 2.45) is 11.5 Å². The lowest BCUT2D eigenvalue weighted by molar-refractivity contribution is -0.119. The molecule has 2 aromatic heterocycles. The number of hydrogen-bond acceptors (Lipinski definition) is 11. The van der Waals surface area contributed by atoms with E-state index < -0.39 is 29.4 Å². The predicted molar refractivity (Wildman–Crippen MR) is 345 cm³/mol. The molecule has 0 saturated carbocycles. The number of carbonyl (C=O) groups excluding carboxylic acids is 5. The Kier molecular flexibility index (Phi) is 20.5. The first-order valence-electron chi connectivity index (χ1n) is 30.0. The molecule has 90 heavy (non-hydrogen) atoms. The van der Waals surface area contributed by atoms with E-state index in [-0.39, 0.29) is 72.4 Å². The SMILES string of the molecule is CC(C)(C)OC(=O)N[C@H]1CC(=O)N(c2ccc3c(cnn3-c3ccc(F)cc3)c2)[C@@H]1Cc1ccccc1.CC(C)(C)OC(=O)N[C@H]1CC(=O)N[C@@H]1Cc1ccccc1.CN.N[C@H]1CC(=O)N(c2ccc3c(cnn3-c3ccc(F)cc3)c2)[C@@H]1Cc1ccccc1. The van der Waals surface area contributed by atoms with Crippen LogP contribution in [-0.4, -0.2) is 104 Å². The van der Waals surface area contributed by atoms with Gasteiger partial charge in [-0.3, -0.25) is 14.4 Å². The van der Waals surface area contributed by atoms with Gasteiger partial charge in [-0.25, -0.2) is 27.7 Å². The van der Waals surface area contributed by atoms with Crippen molar-refractivity contribution in [3.8, 4) is 11.4 Å². The molecule has 7 N–H and O–H groups in total. The van der Waals surface area contributed by atoms with E-state index in [4.69, 9.17) is 15.2 Å². The molecular formula is C70H77F2N11O7. The Morgan fingerprint density at radius 2 is 0.911 bits per heavy atom. The van der Waals surface area contributed by atoms with Gasteiger partial charge in [0.2, 0.25) is 17.7 Å². The van der Waals surface area contributed by atoms with Crippen molar-refractivity contribution in [2.75, 3.05) is 16.8 Å². The van der Waals surface area contributed by atoms with Crippen LogP contribution in [0.1, 0.15) is 77.5 Å². The molecule has 0 spiro atoms. The highest BCUT2D eigenvalue weighted by atomic mass is 19.1. The third-order valence-corrected chi connectivity index (χ3v) is 15.3. The van der Waals surface area contributed by atoms with Crippen molar-refractivity contribution in [2.45, 2.75) is 128 Å². The number of alkyl carbamates (subject to hydrolysis) is 2. The van der Waals surface area contributed by atoms with Crippen molar-refractivity contribution in [1.29, 1.82) is 0 Å². The largest absolute Gasteiger partial charge is 0.444 e. The van der Waals surface area contributed by atoms with Gasteiger partial charge in [0.05, 0.1) is 65.0 Å². The minimum atomic E-state index is -0.642. The number of aromatic nitrogens is 4. The number of nitrogens with one attached hydrogen (secondary N) is 3. The van der Waals surface area contributed by atoms with E-state index in [9.17, 15) is 32.8 Å². The van der Waals surface area contributed by atoms with Gasteiger partial charge in [-0.1, -0.05) is 91.0 Å². The number of carbonyl (C=O) groups is 5. The Morgan fingerprint density at radius 3 is 1.36 bits per heavy atom. The first kappa shape index (κ1) is 64.7. The lowest BCUT2D eigenvalue weighted by Crippen LogP contribution is -2.48. The van der Waals surface area contributed by atoms with Crippen molar-refractivity contribution < 1.29 is 42.2 Å². The van der Waals surface area contributed by atoms with Crippen LogP contribution in [0.3, 0.4) is 0 Å². The summed E-state index contributed by atoms with van der Waals surface area (Å²) in [5.74, 6) is -0.683. The van der Waals surface area contributed by atoms with Gasteiger partial charge < -0.3 is 46.7 Å². The van der Waals surface area contributed by atoms with Crippen LogP contribution >= 0.6 is 0 Å². The van der Waals surface area contributed by atoms with E-state index >= 15 is 0 Å². The highest BCUT2D eigenvalue weighted by Gasteiger charge is 2.43. The van der Waals surface area contributed by atoms with E-state index in [2.05, 4.69) is 44.0 Å². The average molecular weight is 1220 g/mol. The molecule has 0 bridgehead atoms. The lowest BCUT2D eigenvalue weighted by Gasteiger charge is -2.29. The number of rotatable bonds is 12. The molecule has 3 aliphatic heterocycles. The molecule has 9 aromatic rings. The molecular weight excluding hydrogens is 1140 g/mol. The van der Waals surface area contributed by atoms with Gasteiger partial charge >= 0.3 is 12.2 Å². The molecule has 6 atom stereocenters. The molecule has 18 nitrogen and oxygen atoms in total. The molecule has 20 heteroatoms. The number of amides is 5. The average Bonchev–Trinajstić information content (AvgIpc) is 1.64. The first-order valence-corrected chi connectivity index (χ1v) is 30.0. The highest BCUT2D eigenvalue weighted by molar-refractivity contribution is 6.00. The Hall–Kier alpha value is -9.79. The van der Waals surface area contributed by atoms with Crippen LogP contribution in [0.25, 0.3) is 33.2 Å². The summed E-state index contributed by atoms with van der Waals surface area (Å²) in [5.41, 5.74) is 17.8. The molecule has 5 heterocycles. The second kappa shape index (κ2) is 28.6. The van der Waals surface area contributed by atoms with E-state index in [1.807, 2.05) is 162 Å². The molecule has 3 aliphatic rings. The predicted octanol–water partition coefficient (Wildman–Crippen LogP) is 10.8. The Bertz CT molecular complexity index is 3910. The molecule has 7 aromatic carbocycles. The summed E-state index contributed by atoms with van der Waals surface area (Å²) < 4.78 is 40.9. The van der Waals surface area contributed by atoms with Crippen LogP contribution < -0.4 is 37.2 Å². The minimum absolute atomic E-state index is 0.0358. The molecule has 468 valence electrons. The fourth-order valence-corrected chi connectivity index (χ4v) is 11.4. The standard InChI is InChI=1S/C29H29FN4O3.C24H21FN4O.C16H22N2O3.CH5N/c1-29(2,3)37-28(36)32-24-17-27(35)33(26(24)15-19-7-5-4-6-8-19)23-13-14-25-20(16-23)18-31-34(25)22-11-9-21(30)10-12-22;25-18-6-8-19(9-7-18)29-22-11-10-20(13-17(22)15-27-29)28-23(21(26)14-24(28)30)12-16-4-2-1-3-5-16;1-16(2,3)21-15(20)18-13-10-14(19)17-12(13)9-11-7-5-4-6-8-11;1-2/h4-14,16,18,24,26H,15,17H2,1-3H3,(H,32,36);1-11,13,15,21,23H,12,14,26H2;4-8,12-13H,9-10H2,1-3H3,(H,17,19)(H,18,20);2H2,1H3/t24-,26+;21-,23+;12-,13+;/m001./s1. The number of hydrogen-bond donors (Lipinski definition) is 5. The van der Waals surface area contributed by atoms with Gasteiger partial charge in [-0.2, -0.15) is 10.2 Å². The second-order valence-electron chi connectivity index (χ2n) is 24.2. The number of benzene rings is 7. The van der Waals surface area contributed by atoms with E-state index in [1.165, 1.54) is 31.3 Å². The van der Waals surface area contributed by atoms with Crippen LogP contribution in [0.5, 0.6) is 0 Å².